The van der Waals surface area contributed by atoms with Crippen molar-refractivity contribution in [2.24, 2.45) is 5.41 Å². The first-order valence-electron chi connectivity index (χ1n) is 6.44. The van der Waals surface area contributed by atoms with Crippen LogP contribution in [0.5, 0.6) is 0 Å². The van der Waals surface area contributed by atoms with Gasteiger partial charge in [-0.25, -0.2) is 0 Å². The molecule has 1 heterocycles. The minimum absolute atomic E-state index is 0.491. The topological polar surface area (TPSA) is 15.3 Å². The van der Waals surface area contributed by atoms with Gasteiger partial charge >= 0.3 is 0 Å². The van der Waals surface area contributed by atoms with Crippen molar-refractivity contribution in [3.63, 3.8) is 0 Å². The molecule has 0 bridgehead atoms. The van der Waals surface area contributed by atoms with Crippen molar-refractivity contribution in [1.29, 1.82) is 0 Å². The third kappa shape index (κ3) is 5.13. The maximum atomic E-state index is 3.62. The number of rotatable bonds is 5. The van der Waals surface area contributed by atoms with Crippen molar-refractivity contribution >= 4 is 0 Å². The van der Waals surface area contributed by atoms with Gasteiger partial charge in [0.25, 0.3) is 0 Å². The lowest BCUT2D eigenvalue weighted by molar-refractivity contribution is 0.295. The van der Waals surface area contributed by atoms with E-state index in [1.165, 1.54) is 38.0 Å². The fourth-order valence-corrected chi connectivity index (χ4v) is 2.40. The van der Waals surface area contributed by atoms with Gasteiger partial charge in [0.1, 0.15) is 0 Å². The fourth-order valence-electron chi connectivity index (χ4n) is 2.40. The lowest BCUT2D eigenvalue weighted by Crippen LogP contribution is -2.35. The fraction of sp³-hybridized carbons (Fsp3) is 0.857. The average Bonchev–Trinajstić information content (AvgIpc) is 2.44. The molecule has 1 unspecified atom stereocenters. The SMILES string of the molecule is CC(C)=CCCN(C)CC1CC(C)(C)CN1. The van der Waals surface area contributed by atoms with Crippen LogP contribution in [0.15, 0.2) is 11.6 Å². The van der Waals surface area contributed by atoms with Gasteiger partial charge in [0.15, 0.2) is 0 Å². The molecule has 16 heavy (non-hydrogen) atoms. The molecule has 1 saturated heterocycles. The summed E-state index contributed by atoms with van der Waals surface area (Å²) >= 11 is 0. The van der Waals surface area contributed by atoms with Crippen LogP contribution in [0.1, 0.15) is 40.5 Å². The summed E-state index contributed by atoms with van der Waals surface area (Å²) in [7, 11) is 2.23. The van der Waals surface area contributed by atoms with E-state index < -0.39 is 0 Å². The van der Waals surface area contributed by atoms with E-state index in [2.05, 4.69) is 51.0 Å². The van der Waals surface area contributed by atoms with Gasteiger partial charge < -0.3 is 10.2 Å². The Hall–Kier alpha value is -0.340. The monoisotopic (exact) mass is 224 g/mol. The van der Waals surface area contributed by atoms with Gasteiger partial charge in [-0.05, 0) is 39.2 Å². The first-order chi connectivity index (χ1) is 7.39. The largest absolute Gasteiger partial charge is 0.312 e. The smallest absolute Gasteiger partial charge is 0.0200 e. The molecular weight excluding hydrogens is 196 g/mol. The summed E-state index contributed by atoms with van der Waals surface area (Å²) in [4.78, 5) is 2.44. The standard InChI is InChI=1S/C14H28N2/c1-12(2)7-6-8-16(5)10-13-9-14(3,4)11-15-13/h7,13,15H,6,8-11H2,1-5H3. The van der Waals surface area contributed by atoms with Gasteiger partial charge in [-0.1, -0.05) is 25.5 Å². The van der Waals surface area contributed by atoms with Crippen LogP contribution >= 0.6 is 0 Å². The third-order valence-electron chi connectivity index (χ3n) is 3.26. The molecule has 94 valence electrons. The molecule has 0 amide bonds. The van der Waals surface area contributed by atoms with E-state index >= 15 is 0 Å². The Bertz CT molecular complexity index is 239. The molecule has 0 spiro atoms. The Morgan fingerprint density at radius 2 is 2.12 bits per heavy atom. The summed E-state index contributed by atoms with van der Waals surface area (Å²) in [6.07, 6.45) is 4.80. The maximum Gasteiger partial charge on any atom is 0.0200 e. The van der Waals surface area contributed by atoms with Crippen molar-refractivity contribution in [2.45, 2.75) is 46.6 Å². The predicted octanol–water partition coefficient (Wildman–Crippen LogP) is 2.66. The highest BCUT2D eigenvalue weighted by atomic mass is 15.1. The molecule has 0 aliphatic carbocycles. The molecular formula is C14H28N2. The number of likely N-dealkylation sites (N-methyl/N-ethyl adjacent to an activating group) is 1. The second-order valence-electron chi connectivity index (χ2n) is 6.28. The zero-order valence-electron chi connectivity index (χ0n) is 11.6. The van der Waals surface area contributed by atoms with Gasteiger partial charge in [0, 0.05) is 25.7 Å². The Morgan fingerprint density at radius 1 is 1.44 bits per heavy atom. The van der Waals surface area contributed by atoms with E-state index in [4.69, 9.17) is 0 Å². The molecule has 0 aromatic heterocycles. The van der Waals surface area contributed by atoms with Crippen molar-refractivity contribution < 1.29 is 0 Å². The number of hydrogen-bond acceptors (Lipinski definition) is 2. The van der Waals surface area contributed by atoms with E-state index in [1.807, 2.05) is 0 Å². The van der Waals surface area contributed by atoms with Crippen LogP contribution in [0.4, 0.5) is 0 Å². The van der Waals surface area contributed by atoms with Crippen molar-refractivity contribution in [2.75, 3.05) is 26.7 Å². The van der Waals surface area contributed by atoms with E-state index in [9.17, 15) is 0 Å². The Labute approximate surface area is 101 Å². The first-order valence-corrected chi connectivity index (χ1v) is 6.44. The molecule has 1 aliphatic heterocycles. The molecule has 0 saturated carbocycles. The maximum absolute atomic E-state index is 3.62. The highest BCUT2D eigenvalue weighted by molar-refractivity contribution is 4.93. The lowest BCUT2D eigenvalue weighted by atomic mass is 9.90. The van der Waals surface area contributed by atoms with E-state index in [0.717, 1.165) is 0 Å². The summed E-state index contributed by atoms with van der Waals surface area (Å²) in [6, 6.07) is 0.687. The summed E-state index contributed by atoms with van der Waals surface area (Å²) in [5, 5.41) is 3.62. The molecule has 2 nitrogen and oxygen atoms in total. The number of allylic oxidation sites excluding steroid dienone is 1. The van der Waals surface area contributed by atoms with Crippen LogP contribution in [0.3, 0.4) is 0 Å². The molecule has 1 atom stereocenters. The minimum atomic E-state index is 0.491. The normalized spacial score (nSPS) is 23.8. The van der Waals surface area contributed by atoms with E-state index in [1.54, 1.807) is 0 Å². The van der Waals surface area contributed by atoms with Gasteiger partial charge in [0.2, 0.25) is 0 Å². The molecule has 2 heteroatoms. The zero-order valence-corrected chi connectivity index (χ0v) is 11.6. The van der Waals surface area contributed by atoms with Gasteiger partial charge in [-0.3, -0.25) is 0 Å². The molecule has 1 rings (SSSR count). The van der Waals surface area contributed by atoms with E-state index in [-0.39, 0.29) is 0 Å². The molecule has 1 fully saturated rings. The molecule has 0 aromatic carbocycles. The van der Waals surface area contributed by atoms with Crippen LogP contribution in [0.2, 0.25) is 0 Å². The van der Waals surface area contributed by atoms with E-state index in [0.29, 0.717) is 11.5 Å². The highest BCUT2D eigenvalue weighted by Crippen LogP contribution is 2.27. The predicted molar refractivity (Wildman–Crippen MR) is 71.7 cm³/mol. The third-order valence-corrected chi connectivity index (χ3v) is 3.26. The van der Waals surface area contributed by atoms with Crippen LogP contribution in [-0.2, 0) is 0 Å². The van der Waals surface area contributed by atoms with Gasteiger partial charge in [-0.15, -0.1) is 0 Å². The second-order valence-corrected chi connectivity index (χ2v) is 6.28. The Morgan fingerprint density at radius 3 is 2.62 bits per heavy atom. The number of nitrogens with zero attached hydrogens (tertiary/aromatic N) is 1. The van der Waals surface area contributed by atoms with Crippen molar-refractivity contribution in [3.05, 3.63) is 11.6 Å². The molecule has 0 aromatic rings. The van der Waals surface area contributed by atoms with Crippen LogP contribution in [-0.4, -0.2) is 37.6 Å². The molecule has 0 radical (unpaired) electrons. The summed E-state index contributed by atoms with van der Waals surface area (Å²) in [5.74, 6) is 0. The molecule has 1 aliphatic rings. The Kier molecular flexibility index (Phi) is 5.00. The zero-order chi connectivity index (χ0) is 12.2. The van der Waals surface area contributed by atoms with Crippen molar-refractivity contribution in [3.8, 4) is 0 Å². The Balaban J connectivity index is 2.20. The highest BCUT2D eigenvalue weighted by Gasteiger charge is 2.30. The van der Waals surface area contributed by atoms with Crippen molar-refractivity contribution in [1.82, 2.24) is 10.2 Å². The second kappa shape index (κ2) is 5.83. The molecule has 1 N–H and O–H groups in total. The quantitative estimate of drug-likeness (QED) is 0.722. The summed E-state index contributed by atoms with van der Waals surface area (Å²) in [5.41, 5.74) is 1.92. The average molecular weight is 224 g/mol. The van der Waals surface area contributed by atoms with Crippen LogP contribution in [0.25, 0.3) is 0 Å². The number of hydrogen-bond donors (Lipinski definition) is 1. The van der Waals surface area contributed by atoms with Gasteiger partial charge in [-0.2, -0.15) is 0 Å². The van der Waals surface area contributed by atoms with Gasteiger partial charge in [0.05, 0.1) is 0 Å². The van der Waals surface area contributed by atoms with Crippen LogP contribution < -0.4 is 5.32 Å². The lowest BCUT2D eigenvalue weighted by Gasteiger charge is -2.21. The summed E-state index contributed by atoms with van der Waals surface area (Å²) in [6.45, 7) is 12.6. The number of nitrogens with one attached hydrogen (secondary N) is 1. The van der Waals surface area contributed by atoms with Crippen LogP contribution in [0, 0.1) is 5.41 Å². The minimum Gasteiger partial charge on any atom is -0.312 e. The first kappa shape index (κ1) is 13.7. The summed E-state index contributed by atoms with van der Waals surface area (Å²) < 4.78 is 0.